The van der Waals surface area contributed by atoms with E-state index in [1.807, 2.05) is 19.1 Å². The van der Waals surface area contributed by atoms with Crippen LogP contribution in [0.4, 0.5) is 11.4 Å². The number of aromatic nitrogens is 1. The minimum absolute atomic E-state index is 0.00594. The Morgan fingerprint density at radius 3 is 2.36 bits per heavy atom. The van der Waals surface area contributed by atoms with Crippen LogP contribution in [0.15, 0.2) is 71.8 Å². The molecule has 1 amide bonds. The fraction of sp³-hybridized carbons (Fsp3) is 0.100. The van der Waals surface area contributed by atoms with Crippen LogP contribution < -0.4 is 14.8 Å². The van der Waals surface area contributed by atoms with E-state index in [-0.39, 0.29) is 10.5 Å². The average molecular weight is 397 g/mol. The molecule has 0 spiro atoms. The average Bonchev–Trinajstić information content (AvgIpc) is 2.70. The highest BCUT2D eigenvalue weighted by Gasteiger charge is 2.17. The first-order chi connectivity index (χ1) is 13.4. The summed E-state index contributed by atoms with van der Waals surface area (Å²) >= 11 is 0. The number of ether oxygens (including phenoxy) is 1. The van der Waals surface area contributed by atoms with Gasteiger partial charge in [0, 0.05) is 17.3 Å². The third kappa shape index (κ3) is 4.66. The van der Waals surface area contributed by atoms with E-state index in [2.05, 4.69) is 15.0 Å². The summed E-state index contributed by atoms with van der Waals surface area (Å²) in [5, 5.41) is 2.67. The van der Waals surface area contributed by atoms with Crippen molar-refractivity contribution in [1.29, 1.82) is 0 Å². The zero-order valence-corrected chi connectivity index (χ0v) is 16.2. The largest absolute Gasteiger partial charge is 0.481 e. The number of anilines is 2. The van der Waals surface area contributed by atoms with Crippen molar-refractivity contribution in [3.05, 3.63) is 78.0 Å². The van der Waals surface area contributed by atoms with Gasteiger partial charge in [-0.3, -0.25) is 9.52 Å². The highest BCUT2D eigenvalue weighted by atomic mass is 32.2. The number of amides is 1. The van der Waals surface area contributed by atoms with Gasteiger partial charge in [-0.25, -0.2) is 13.4 Å². The van der Waals surface area contributed by atoms with Crippen molar-refractivity contribution in [3.8, 4) is 5.88 Å². The Hall–Kier alpha value is -3.39. The second-order valence-corrected chi connectivity index (χ2v) is 7.73. The van der Waals surface area contributed by atoms with Crippen LogP contribution in [0.1, 0.15) is 15.9 Å². The second-order valence-electron chi connectivity index (χ2n) is 6.04. The molecule has 2 aromatic carbocycles. The quantitative estimate of drug-likeness (QED) is 0.664. The molecular formula is C20H19N3O4S. The van der Waals surface area contributed by atoms with Crippen LogP contribution in [0.5, 0.6) is 5.88 Å². The fourth-order valence-electron chi connectivity index (χ4n) is 2.42. The van der Waals surface area contributed by atoms with Crippen LogP contribution in [0.25, 0.3) is 0 Å². The first kappa shape index (κ1) is 19.4. The van der Waals surface area contributed by atoms with Crippen molar-refractivity contribution in [3.63, 3.8) is 0 Å². The maximum absolute atomic E-state index is 12.6. The summed E-state index contributed by atoms with van der Waals surface area (Å²) in [5.41, 5.74) is 2.15. The van der Waals surface area contributed by atoms with Crippen molar-refractivity contribution >= 4 is 27.3 Å². The number of aryl methyl sites for hydroxylation is 1. The molecule has 7 nitrogen and oxygen atoms in total. The first-order valence-corrected chi connectivity index (χ1v) is 9.87. The molecule has 0 bridgehead atoms. The van der Waals surface area contributed by atoms with Gasteiger partial charge in [-0.05, 0) is 43.3 Å². The molecule has 0 radical (unpaired) electrons. The summed E-state index contributed by atoms with van der Waals surface area (Å²) in [6, 6.07) is 16.0. The van der Waals surface area contributed by atoms with Gasteiger partial charge in [-0.15, -0.1) is 0 Å². The van der Waals surface area contributed by atoms with Gasteiger partial charge in [0.15, 0.2) is 0 Å². The summed E-state index contributed by atoms with van der Waals surface area (Å²) < 4.78 is 32.7. The maximum atomic E-state index is 12.6. The molecule has 2 N–H and O–H groups in total. The summed E-state index contributed by atoms with van der Waals surface area (Å²) in [6.45, 7) is 1.92. The highest BCUT2D eigenvalue weighted by Crippen LogP contribution is 2.19. The molecular weight excluding hydrogens is 378 g/mol. The fourth-order valence-corrected chi connectivity index (χ4v) is 3.52. The number of benzene rings is 2. The molecule has 0 saturated heterocycles. The van der Waals surface area contributed by atoms with Gasteiger partial charge in [-0.1, -0.05) is 23.8 Å². The number of carbonyl (C=O) groups excluding carboxylic acids is 1. The zero-order chi connectivity index (χ0) is 20.1. The molecule has 0 aliphatic carbocycles. The summed E-state index contributed by atoms with van der Waals surface area (Å²) in [7, 11) is -2.33. The zero-order valence-electron chi connectivity index (χ0n) is 15.3. The van der Waals surface area contributed by atoms with Gasteiger partial charge in [-0.2, -0.15) is 0 Å². The van der Waals surface area contributed by atoms with Gasteiger partial charge < -0.3 is 10.1 Å². The van der Waals surface area contributed by atoms with E-state index < -0.39 is 15.9 Å². The van der Waals surface area contributed by atoms with E-state index in [4.69, 9.17) is 4.74 Å². The molecule has 1 aromatic heterocycles. The Labute approximate surface area is 163 Å². The van der Waals surface area contributed by atoms with Crippen LogP contribution in [0.2, 0.25) is 0 Å². The lowest BCUT2D eigenvalue weighted by molar-refractivity contribution is 0.102. The van der Waals surface area contributed by atoms with Gasteiger partial charge in [0.25, 0.3) is 15.9 Å². The predicted molar refractivity (Wildman–Crippen MR) is 107 cm³/mol. The topological polar surface area (TPSA) is 97.4 Å². The van der Waals surface area contributed by atoms with Crippen molar-refractivity contribution in [2.45, 2.75) is 11.8 Å². The van der Waals surface area contributed by atoms with E-state index in [0.717, 1.165) is 5.56 Å². The minimum atomic E-state index is -3.82. The lowest BCUT2D eigenvalue weighted by Gasteiger charge is -2.10. The Balaban J connectivity index is 1.78. The number of rotatable bonds is 6. The van der Waals surface area contributed by atoms with Crippen LogP contribution in [-0.2, 0) is 10.0 Å². The van der Waals surface area contributed by atoms with Crippen molar-refractivity contribution in [2.24, 2.45) is 0 Å². The van der Waals surface area contributed by atoms with E-state index >= 15 is 0 Å². The number of pyridine rings is 1. The van der Waals surface area contributed by atoms with Gasteiger partial charge in [0.1, 0.15) is 0 Å². The third-order valence-electron chi connectivity index (χ3n) is 3.91. The molecule has 28 heavy (non-hydrogen) atoms. The Bertz CT molecular complexity index is 1080. The summed E-state index contributed by atoms with van der Waals surface area (Å²) in [4.78, 5) is 16.5. The smallest absolute Gasteiger partial charge is 0.261 e. The number of sulfonamides is 1. The molecule has 1 heterocycles. The lowest BCUT2D eigenvalue weighted by atomic mass is 10.2. The number of nitrogens with zero attached hydrogens (tertiary/aromatic N) is 1. The Morgan fingerprint density at radius 1 is 1.00 bits per heavy atom. The van der Waals surface area contributed by atoms with Gasteiger partial charge >= 0.3 is 0 Å². The van der Waals surface area contributed by atoms with Crippen LogP contribution >= 0.6 is 0 Å². The van der Waals surface area contributed by atoms with E-state index in [1.165, 1.54) is 37.6 Å². The van der Waals surface area contributed by atoms with Crippen LogP contribution in [0.3, 0.4) is 0 Å². The van der Waals surface area contributed by atoms with Crippen molar-refractivity contribution in [1.82, 2.24) is 4.98 Å². The molecule has 0 fully saturated rings. The van der Waals surface area contributed by atoms with E-state index in [1.54, 1.807) is 24.3 Å². The molecule has 0 atom stereocenters. The standard InChI is InChI=1S/C20H19N3O4S/c1-14-6-8-16(9-7-14)23-28(25,26)18-5-3-4-15(12-18)20(24)22-17-10-11-19(27-2)21-13-17/h3-13,23H,1-2H3,(H,22,24). The SMILES string of the molecule is COc1ccc(NC(=O)c2cccc(S(=O)(=O)Nc3ccc(C)cc3)c2)cn1. The highest BCUT2D eigenvalue weighted by molar-refractivity contribution is 7.92. The summed E-state index contributed by atoms with van der Waals surface area (Å²) in [5.74, 6) is -0.0207. The molecule has 144 valence electrons. The third-order valence-corrected chi connectivity index (χ3v) is 5.29. The van der Waals surface area contributed by atoms with Gasteiger partial charge in [0.05, 0.1) is 23.9 Å². The number of nitrogens with one attached hydrogen (secondary N) is 2. The van der Waals surface area contributed by atoms with Crippen LogP contribution in [-0.4, -0.2) is 26.4 Å². The predicted octanol–water partition coefficient (Wildman–Crippen LogP) is 3.45. The molecule has 0 saturated carbocycles. The minimum Gasteiger partial charge on any atom is -0.481 e. The second kappa shape index (κ2) is 8.10. The van der Waals surface area contributed by atoms with E-state index in [0.29, 0.717) is 17.3 Å². The van der Waals surface area contributed by atoms with E-state index in [9.17, 15) is 13.2 Å². The first-order valence-electron chi connectivity index (χ1n) is 8.38. The number of carbonyl (C=O) groups is 1. The van der Waals surface area contributed by atoms with Crippen molar-refractivity contribution in [2.75, 3.05) is 17.1 Å². The molecule has 0 unspecified atom stereocenters. The van der Waals surface area contributed by atoms with Crippen LogP contribution in [0, 0.1) is 6.92 Å². The number of hydrogen-bond acceptors (Lipinski definition) is 5. The van der Waals surface area contributed by atoms with Gasteiger partial charge in [0.2, 0.25) is 5.88 Å². The maximum Gasteiger partial charge on any atom is 0.261 e. The normalized spacial score (nSPS) is 10.9. The molecule has 0 aliphatic heterocycles. The Morgan fingerprint density at radius 2 is 1.71 bits per heavy atom. The monoisotopic (exact) mass is 397 g/mol. The molecule has 8 heteroatoms. The molecule has 3 rings (SSSR count). The number of methoxy groups -OCH3 is 1. The molecule has 3 aromatic rings. The number of hydrogen-bond donors (Lipinski definition) is 2. The lowest BCUT2D eigenvalue weighted by Crippen LogP contribution is -2.16. The Kier molecular flexibility index (Phi) is 5.60. The van der Waals surface area contributed by atoms with Crippen molar-refractivity contribution < 1.29 is 17.9 Å². The summed E-state index contributed by atoms with van der Waals surface area (Å²) in [6.07, 6.45) is 1.45. The molecule has 0 aliphatic rings.